The SMILES string of the molecule is Cc1ccc(CNC(=O)c2sc(CN3CCCC3)nc2C)cc1. The first-order valence-electron chi connectivity index (χ1n) is 8.14. The monoisotopic (exact) mass is 329 g/mol. The number of hydrogen-bond acceptors (Lipinski definition) is 4. The van der Waals surface area contributed by atoms with Crippen LogP contribution in [0.15, 0.2) is 24.3 Å². The summed E-state index contributed by atoms with van der Waals surface area (Å²) in [5, 5.41) is 4.05. The molecule has 3 rings (SSSR count). The van der Waals surface area contributed by atoms with E-state index in [9.17, 15) is 4.79 Å². The van der Waals surface area contributed by atoms with Gasteiger partial charge in [0.2, 0.25) is 0 Å². The summed E-state index contributed by atoms with van der Waals surface area (Å²) in [6.45, 7) is 7.70. The first kappa shape index (κ1) is 16.1. The van der Waals surface area contributed by atoms with Crippen molar-refractivity contribution in [2.75, 3.05) is 13.1 Å². The minimum Gasteiger partial charge on any atom is -0.347 e. The number of carbonyl (C=O) groups is 1. The van der Waals surface area contributed by atoms with E-state index in [0.717, 1.165) is 40.8 Å². The van der Waals surface area contributed by atoms with Gasteiger partial charge >= 0.3 is 0 Å². The number of aryl methyl sites for hydroxylation is 2. The van der Waals surface area contributed by atoms with Crippen LogP contribution >= 0.6 is 11.3 Å². The summed E-state index contributed by atoms with van der Waals surface area (Å²) in [4.78, 5) is 20.1. The van der Waals surface area contributed by atoms with E-state index in [1.54, 1.807) is 0 Å². The van der Waals surface area contributed by atoms with Crippen LogP contribution in [0.3, 0.4) is 0 Å². The smallest absolute Gasteiger partial charge is 0.263 e. The van der Waals surface area contributed by atoms with Crippen molar-refractivity contribution in [3.8, 4) is 0 Å². The maximum atomic E-state index is 12.4. The second-order valence-electron chi connectivity index (χ2n) is 6.17. The maximum Gasteiger partial charge on any atom is 0.263 e. The Morgan fingerprint density at radius 2 is 1.91 bits per heavy atom. The van der Waals surface area contributed by atoms with Gasteiger partial charge in [-0.15, -0.1) is 11.3 Å². The molecular weight excluding hydrogens is 306 g/mol. The Labute approximate surface area is 141 Å². The fourth-order valence-electron chi connectivity index (χ4n) is 2.83. The predicted octanol–water partition coefficient (Wildman–Crippen LogP) is 3.29. The van der Waals surface area contributed by atoms with Gasteiger partial charge in [0.05, 0.1) is 12.2 Å². The minimum absolute atomic E-state index is 0.0201. The molecule has 5 heteroatoms. The van der Waals surface area contributed by atoms with Crippen molar-refractivity contribution in [2.45, 2.75) is 39.8 Å². The fraction of sp³-hybridized carbons (Fsp3) is 0.444. The van der Waals surface area contributed by atoms with Crippen molar-refractivity contribution >= 4 is 17.2 Å². The van der Waals surface area contributed by atoms with Crippen LogP contribution < -0.4 is 5.32 Å². The van der Waals surface area contributed by atoms with Gasteiger partial charge in [-0.2, -0.15) is 0 Å². The van der Waals surface area contributed by atoms with Crippen LogP contribution in [-0.4, -0.2) is 28.9 Å². The summed E-state index contributed by atoms with van der Waals surface area (Å²) < 4.78 is 0. The molecule has 2 aromatic rings. The lowest BCUT2D eigenvalue weighted by Gasteiger charge is -2.11. The van der Waals surface area contributed by atoms with Crippen LogP contribution in [0.1, 0.15) is 44.3 Å². The topological polar surface area (TPSA) is 45.2 Å². The van der Waals surface area contributed by atoms with E-state index >= 15 is 0 Å². The number of likely N-dealkylation sites (tertiary alicyclic amines) is 1. The van der Waals surface area contributed by atoms with Crippen LogP contribution in [0.5, 0.6) is 0 Å². The quantitative estimate of drug-likeness (QED) is 0.915. The van der Waals surface area contributed by atoms with E-state index in [1.165, 1.54) is 29.7 Å². The second-order valence-corrected chi connectivity index (χ2v) is 7.26. The molecule has 1 aliphatic rings. The number of nitrogens with zero attached hydrogens (tertiary/aromatic N) is 2. The molecule has 1 amide bonds. The number of amides is 1. The largest absolute Gasteiger partial charge is 0.347 e. The number of aromatic nitrogens is 1. The van der Waals surface area contributed by atoms with Crippen LogP contribution in [0, 0.1) is 13.8 Å². The third kappa shape index (κ3) is 4.18. The molecule has 1 aromatic heterocycles. The highest BCUT2D eigenvalue weighted by molar-refractivity contribution is 7.13. The number of rotatable bonds is 5. The lowest BCUT2D eigenvalue weighted by molar-refractivity contribution is 0.0954. The van der Waals surface area contributed by atoms with Crippen LogP contribution in [0.25, 0.3) is 0 Å². The summed E-state index contributed by atoms with van der Waals surface area (Å²) in [6.07, 6.45) is 2.54. The molecule has 122 valence electrons. The van der Waals surface area contributed by atoms with Gasteiger partial charge in [0.25, 0.3) is 5.91 Å². The van der Waals surface area contributed by atoms with Crippen molar-refractivity contribution < 1.29 is 4.79 Å². The van der Waals surface area contributed by atoms with Crippen molar-refractivity contribution in [1.29, 1.82) is 0 Å². The molecule has 0 bridgehead atoms. The Kier molecular flexibility index (Phi) is 5.08. The van der Waals surface area contributed by atoms with Gasteiger partial charge in [-0.1, -0.05) is 29.8 Å². The average molecular weight is 329 g/mol. The van der Waals surface area contributed by atoms with E-state index in [-0.39, 0.29) is 5.91 Å². The zero-order chi connectivity index (χ0) is 16.2. The predicted molar refractivity (Wildman–Crippen MR) is 93.7 cm³/mol. The van der Waals surface area contributed by atoms with Crippen molar-refractivity contribution in [3.63, 3.8) is 0 Å². The van der Waals surface area contributed by atoms with Crippen LogP contribution in [0.4, 0.5) is 0 Å². The third-order valence-corrected chi connectivity index (χ3v) is 5.32. The molecule has 0 spiro atoms. The number of carbonyl (C=O) groups excluding carboxylic acids is 1. The first-order chi connectivity index (χ1) is 11.1. The lowest BCUT2D eigenvalue weighted by Crippen LogP contribution is -2.22. The minimum atomic E-state index is -0.0201. The van der Waals surface area contributed by atoms with Crippen LogP contribution in [-0.2, 0) is 13.1 Å². The second kappa shape index (κ2) is 7.23. The molecule has 1 aliphatic heterocycles. The molecule has 0 atom stereocenters. The van der Waals surface area contributed by atoms with Crippen LogP contribution in [0.2, 0.25) is 0 Å². The van der Waals surface area contributed by atoms with Crippen molar-refractivity contribution in [1.82, 2.24) is 15.2 Å². The summed E-state index contributed by atoms with van der Waals surface area (Å²) in [6, 6.07) is 8.23. The van der Waals surface area contributed by atoms with Crippen molar-refractivity contribution in [2.24, 2.45) is 0 Å². The van der Waals surface area contributed by atoms with Gasteiger partial charge in [0, 0.05) is 6.54 Å². The molecular formula is C18H23N3OS. The van der Waals surface area contributed by atoms with Gasteiger partial charge in [0.15, 0.2) is 0 Å². The summed E-state index contributed by atoms with van der Waals surface area (Å²) in [5.41, 5.74) is 3.18. The number of thiazole rings is 1. The van der Waals surface area contributed by atoms with E-state index in [1.807, 2.05) is 19.1 Å². The van der Waals surface area contributed by atoms with E-state index < -0.39 is 0 Å². The Balaban J connectivity index is 1.60. The zero-order valence-electron chi connectivity index (χ0n) is 13.8. The van der Waals surface area contributed by atoms with E-state index in [2.05, 4.69) is 34.3 Å². The molecule has 2 heterocycles. The molecule has 4 nitrogen and oxygen atoms in total. The van der Waals surface area contributed by atoms with Gasteiger partial charge in [-0.3, -0.25) is 9.69 Å². The number of hydrogen-bond donors (Lipinski definition) is 1. The standard InChI is InChI=1S/C18H23N3OS/c1-13-5-7-15(8-6-13)11-19-18(22)17-14(2)20-16(23-17)12-21-9-3-4-10-21/h5-8H,3-4,9-12H2,1-2H3,(H,19,22). The summed E-state index contributed by atoms with van der Waals surface area (Å²) >= 11 is 1.53. The number of benzene rings is 1. The summed E-state index contributed by atoms with van der Waals surface area (Å²) in [7, 11) is 0. The highest BCUT2D eigenvalue weighted by atomic mass is 32.1. The van der Waals surface area contributed by atoms with Gasteiger partial charge in [-0.05, 0) is 45.3 Å². The van der Waals surface area contributed by atoms with Crippen molar-refractivity contribution in [3.05, 3.63) is 51.0 Å². The third-order valence-electron chi connectivity index (χ3n) is 4.18. The zero-order valence-corrected chi connectivity index (χ0v) is 14.6. The Hall–Kier alpha value is -1.72. The van der Waals surface area contributed by atoms with E-state index in [0.29, 0.717) is 6.54 Å². The first-order valence-corrected chi connectivity index (χ1v) is 8.96. The molecule has 0 radical (unpaired) electrons. The highest BCUT2D eigenvalue weighted by Crippen LogP contribution is 2.21. The Bertz CT molecular complexity index is 672. The molecule has 1 fully saturated rings. The fourth-order valence-corrected chi connectivity index (χ4v) is 3.85. The lowest BCUT2D eigenvalue weighted by atomic mass is 10.1. The van der Waals surface area contributed by atoms with Gasteiger partial charge in [0.1, 0.15) is 9.88 Å². The highest BCUT2D eigenvalue weighted by Gasteiger charge is 2.18. The molecule has 1 aromatic carbocycles. The van der Waals surface area contributed by atoms with Gasteiger partial charge in [-0.25, -0.2) is 4.98 Å². The Morgan fingerprint density at radius 1 is 1.22 bits per heavy atom. The molecule has 23 heavy (non-hydrogen) atoms. The molecule has 1 saturated heterocycles. The normalized spacial score (nSPS) is 15.0. The average Bonchev–Trinajstić information content (AvgIpc) is 3.16. The van der Waals surface area contributed by atoms with E-state index in [4.69, 9.17) is 0 Å². The molecule has 1 N–H and O–H groups in total. The molecule has 0 aliphatic carbocycles. The molecule has 0 saturated carbocycles. The number of nitrogens with one attached hydrogen (secondary N) is 1. The molecule has 0 unspecified atom stereocenters. The maximum absolute atomic E-state index is 12.4. The van der Waals surface area contributed by atoms with Gasteiger partial charge < -0.3 is 5.32 Å². The Morgan fingerprint density at radius 3 is 2.61 bits per heavy atom. The summed E-state index contributed by atoms with van der Waals surface area (Å²) in [5.74, 6) is -0.0201.